The Morgan fingerprint density at radius 3 is 2.18 bits per heavy atom. The molecule has 0 heterocycles. The van der Waals surface area contributed by atoms with Gasteiger partial charge in [0.1, 0.15) is 0 Å². The van der Waals surface area contributed by atoms with Crippen LogP contribution in [0.2, 0.25) is 25.2 Å². The third-order valence-corrected chi connectivity index (χ3v) is 5.76. The highest BCUT2D eigenvalue weighted by Crippen LogP contribution is 2.14. The fraction of sp³-hybridized carbons (Fsp3) is 1.00. The highest BCUT2D eigenvalue weighted by Gasteiger charge is 2.27. The van der Waals surface area contributed by atoms with E-state index in [1.54, 1.807) is 14.2 Å². The molecular formula is C7H18O2Si2. The van der Waals surface area contributed by atoms with Gasteiger partial charge >= 0.3 is 8.56 Å². The van der Waals surface area contributed by atoms with Crippen LogP contribution in [0.4, 0.5) is 0 Å². The lowest BCUT2D eigenvalue weighted by Crippen LogP contribution is -2.35. The zero-order chi connectivity index (χ0) is 8.74. The topological polar surface area (TPSA) is 18.5 Å². The van der Waals surface area contributed by atoms with Gasteiger partial charge in [-0.2, -0.15) is 0 Å². The molecule has 0 aromatic carbocycles. The molecule has 0 aliphatic heterocycles. The van der Waals surface area contributed by atoms with E-state index in [2.05, 4.69) is 13.1 Å². The van der Waals surface area contributed by atoms with Crippen molar-refractivity contribution in [2.45, 2.75) is 31.6 Å². The summed E-state index contributed by atoms with van der Waals surface area (Å²) in [5.41, 5.74) is 0. The lowest BCUT2D eigenvalue weighted by Gasteiger charge is -2.22. The molecule has 0 fully saturated rings. The summed E-state index contributed by atoms with van der Waals surface area (Å²) in [7, 11) is 2.84. The summed E-state index contributed by atoms with van der Waals surface area (Å²) in [6, 6.07) is 2.44. The minimum atomic E-state index is -1.73. The van der Waals surface area contributed by atoms with Crippen molar-refractivity contribution in [1.82, 2.24) is 0 Å². The Morgan fingerprint density at radius 1 is 1.27 bits per heavy atom. The van der Waals surface area contributed by atoms with Crippen LogP contribution in [0.5, 0.6) is 0 Å². The van der Waals surface area contributed by atoms with Crippen molar-refractivity contribution >= 4 is 18.1 Å². The molecule has 2 radical (unpaired) electrons. The van der Waals surface area contributed by atoms with Gasteiger partial charge in [-0.3, -0.25) is 0 Å². The summed E-state index contributed by atoms with van der Waals surface area (Å²) in [6.45, 7) is 4.35. The van der Waals surface area contributed by atoms with Crippen molar-refractivity contribution < 1.29 is 8.85 Å². The molecule has 0 unspecified atom stereocenters. The molecule has 0 amide bonds. The summed E-state index contributed by atoms with van der Waals surface area (Å²) < 4.78 is 10.7. The van der Waals surface area contributed by atoms with E-state index in [0.29, 0.717) is 0 Å². The highest BCUT2D eigenvalue weighted by atomic mass is 28.4. The molecule has 66 valence electrons. The molecule has 0 atom stereocenters. The van der Waals surface area contributed by atoms with Crippen molar-refractivity contribution in [2.75, 3.05) is 14.2 Å². The summed E-state index contributed by atoms with van der Waals surface area (Å²) >= 11 is 0. The van der Waals surface area contributed by atoms with Gasteiger partial charge in [-0.1, -0.05) is 19.0 Å². The zero-order valence-electron chi connectivity index (χ0n) is 7.94. The van der Waals surface area contributed by atoms with E-state index in [9.17, 15) is 0 Å². The van der Waals surface area contributed by atoms with E-state index in [1.807, 2.05) is 0 Å². The third-order valence-electron chi connectivity index (χ3n) is 1.92. The first-order valence-electron chi connectivity index (χ1n) is 3.93. The molecule has 0 aromatic rings. The molecule has 11 heavy (non-hydrogen) atoms. The van der Waals surface area contributed by atoms with Crippen LogP contribution in [0.3, 0.4) is 0 Å². The van der Waals surface area contributed by atoms with Gasteiger partial charge in [-0.15, -0.1) is 0 Å². The van der Waals surface area contributed by atoms with Crippen LogP contribution in [0.15, 0.2) is 0 Å². The van der Waals surface area contributed by atoms with Crippen molar-refractivity contribution in [3.05, 3.63) is 0 Å². The molecule has 0 spiro atoms. The van der Waals surface area contributed by atoms with E-state index in [0.717, 1.165) is 15.6 Å². The molecule has 0 aromatic heterocycles. The maximum Gasteiger partial charge on any atom is 0.334 e. The lowest BCUT2D eigenvalue weighted by molar-refractivity contribution is 0.249. The Labute approximate surface area is 73.4 Å². The van der Waals surface area contributed by atoms with E-state index >= 15 is 0 Å². The Bertz CT molecular complexity index is 94.4. The van der Waals surface area contributed by atoms with Crippen LogP contribution >= 0.6 is 0 Å². The lowest BCUT2D eigenvalue weighted by atomic mass is 10.6. The minimum Gasteiger partial charge on any atom is -0.398 e. The molecule has 0 rings (SSSR count). The molecule has 4 heteroatoms. The fourth-order valence-electron chi connectivity index (χ4n) is 0.874. The Hall–Kier alpha value is 0.354. The fourth-order valence-corrected chi connectivity index (χ4v) is 3.15. The quantitative estimate of drug-likeness (QED) is 0.470. The Kier molecular flexibility index (Phi) is 6.13. The molecule has 0 bridgehead atoms. The van der Waals surface area contributed by atoms with Crippen molar-refractivity contribution in [3.8, 4) is 0 Å². The standard InChI is InChI=1S/C7H18O2Si2/c1-8-11(4,9-2)7-5-6-10-3/h5-7H2,1-4H3. The van der Waals surface area contributed by atoms with Gasteiger partial charge in [-0.25, -0.2) is 0 Å². The Morgan fingerprint density at radius 2 is 1.82 bits per heavy atom. The van der Waals surface area contributed by atoms with Crippen molar-refractivity contribution in [1.29, 1.82) is 0 Å². The molecule has 0 aliphatic rings. The zero-order valence-corrected chi connectivity index (χ0v) is 9.94. The number of rotatable bonds is 6. The summed E-state index contributed by atoms with van der Waals surface area (Å²) in [4.78, 5) is 0. The average Bonchev–Trinajstić information content (AvgIpc) is 2.05. The van der Waals surface area contributed by atoms with Crippen LogP contribution in [0.1, 0.15) is 6.42 Å². The summed E-state index contributed by atoms with van der Waals surface area (Å²) in [6.07, 6.45) is 1.25. The average molecular weight is 190 g/mol. The van der Waals surface area contributed by atoms with Crippen LogP contribution in [-0.2, 0) is 8.85 Å². The van der Waals surface area contributed by atoms with E-state index in [1.165, 1.54) is 12.5 Å². The first-order valence-corrected chi connectivity index (χ1v) is 8.16. The third kappa shape index (κ3) is 4.73. The molecule has 0 saturated carbocycles. The van der Waals surface area contributed by atoms with Crippen LogP contribution < -0.4 is 0 Å². The smallest absolute Gasteiger partial charge is 0.334 e. The SMILES string of the molecule is CO[Si](C)(CCC[Si]C)OC. The largest absolute Gasteiger partial charge is 0.398 e. The van der Waals surface area contributed by atoms with Gasteiger partial charge in [-0.05, 0) is 12.6 Å². The maximum atomic E-state index is 5.35. The van der Waals surface area contributed by atoms with Crippen LogP contribution in [-0.4, -0.2) is 32.3 Å². The van der Waals surface area contributed by atoms with E-state index < -0.39 is 8.56 Å². The van der Waals surface area contributed by atoms with Gasteiger partial charge in [0, 0.05) is 23.7 Å². The van der Waals surface area contributed by atoms with Gasteiger partial charge < -0.3 is 8.85 Å². The normalized spacial score (nSPS) is 12.0. The molecule has 0 saturated heterocycles. The van der Waals surface area contributed by atoms with Crippen LogP contribution in [0, 0.1) is 0 Å². The van der Waals surface area contributed by atoms with E-state index in [4.69, 9.17) is 8.85 Å². The second-order valence-electron chi connectivity index (χ2n) is 2.75. The summed E-state index contributed by atoms with van der Waals surface area (Å²) in [5, 5.41) is 0. The first-order chi connectivity index (χ1) is 5.18. The molecule has 0 aliphatic carbocycles. The van der Waals surface area contributed by atoms with Crippen molar-refractivity contribution in [2.24, 2.45) is 0 Å². The van der Waals surface area contributed by atoms with Crippen molar-refractivity contribution in [3.63, 3.8) is 0 Å². The minimum absolute atomic E-state index is 1.06. The highest BCUT2D eigenvalue weighted by molar-refractivity contribution is 6.66. The van der Waals surface area contributed by atoms with Gasteiger partial charge in [0.2, 0.25) is 0 Å². The number of hydrogen-bond acceptors (Lipinski definition) is 2. The van der Waals surface area contributed by atoms with Gasteiger partial charge in [0.25, 0.3) is 0 Å². The second-order valence-corrected chi connectivity index (χ2v) is 7.54. The maximum absolute atomic E-state index is 5.35. The predicted octanol–water partition coefficient (Wildman–Crippen LogP) is 1.91. The second kappa shape index (κ2) is 5.94. The van der Waals surface area contributed by atoms with Gasteiger partial charge in [0.15, 0.2) is 0 Å². The molecule has 0 N–H and O–H groups in total. The molecule has 2 nitrogen and oxygen atoms in total. The Balaban J connectivity index is 3.51. The number of hydrogen-bond donors (Lipinski definition) is 0. The first kappa shape index (κ1) is 11.4. The molecular weight excluding hydrogens is 172 g/mol. The van der Waals surface area contributed by atoms with Crippen LogP contribution in [0.25, 0.3) is 0 Å². The monoisotopic (exact) mass is 190 g/mol. The van der Waals surface area contributed by atoms with Gasteiger partial charge in [0.05, 0.1) is 0 Å². The predicted molar refractivity (Wildman–Crippen MR) is 51.5 cm³/mol. The summed E-state index contributed by atoms with van der Waals surface area (Å²) in [5.74, 6) is 0. The van der Waals surface area contributed by atoms with E-state index in [-0.39, 0.29) is 0 Å².